The summed E-state index contributed by atoms with van der Waals surface area (Å²) in [4.78, 5) is 1.06. The molecule has 0 aliphatic heterocycles. The average molecular weight is 314 g/mol. The number of nitrogens with two attached hydrogens (primary N) is 1. The summed E-state index contributed by atoms with van der Waals surface area (Å²) in [5.74, 6) is -0.467. The van der Waals surface area contributed by atoms with E-state index in [0.29, 0.717) is 22.8 Å². The van der Waals surface area contributed by atoms with Gasteiger partial charge in [-0.25, -0.2) is 8.78 Å². The minimum Gasteiger partial charge on any atom is -0.327 e. The van der Waals surface area contributed by atoms with Crippen LogP contribution in [-0.4, -0.2) is 11.8 Å². The summed E-state index contributed by atoms with van der Waals surface area (Å²) in [5, 5.41) is 0.687. The van der Waals surface area contributed by atoms with Crippen LogP contribution >= 0.6 is 23.4 Å². The molecule has 2 N–H and O–H groups in total. The van der Waals surface area contributed by atoms with Crippen LogP contribution < -0.4 is 5.73 Å². The van der Waals surface area contributed by atoms with Crippen molar-refractivity contribution in [3.8, 4) is 0 Å². The number of benzene rings is 2. The Morgan fingerprint density at radius 2 is 1.80 bits per heavy atom. The number of rotatable bonds is 5. The third kappa shape index (κ3) is 4.47. The van der Waals surface area contributed by atoms with E-state index in [1.54, 1.807) is 11.8 Å². The Morgan fingerprint density at radius 3 is 2.45 bits per heavy atom. The summed E-state index contributed by atoms with van der Waals surface area (Å²) in [5.41, 5.74) is 6.42. The molecule has 106 valence electrons. The third-order valence-corrected chi connectivity index (χ3v) is 4.23. The van der Waals surface area contributed by atoms with Crippen molar-refractivity contribution in [2.75, 3.05) is 5.75 Å². The Bertz CT molecular complexity index is 575. The van der Waals surface area contributed by atoms with Crippen molar-refractivity contribution in [2.24, 2.45) is 5.73 Å². The van der Waals surface area contributed by atoms with Crippen LogP contribution in [0.1, 0.15) is 5.56 Å². The molecule has 0 bridgehead atoms. The lowest BCUT2D eigenvalue weighted by Crippen LogP contribution is -2.26. The first-order valence-electron chi connectivity index (χ1n) is 6.12. The Balaban J connectivity index is 1.89. The van der Waals surface area contributed by atoms with Gasteiger partial charge in [0, 0.05) is 27.8 Å². The van der Waals surface area contributed by atoms with Gasteiger partial charge in [-0.2, -0.15) is 0 Å². The fraction of sp³-hybridized carbons (Fsp3) is 0.200. The van der Waals surface area contributed by atoms with Gasteiger partial charge in [-0.1, -0.05) is 17.7 Å². The Labute approximate surface area is 126 Å². The third-order valence-electron chi connectivity index (χ3n) is 2.77. The van der Waals surface area contributed by atoms with E-state index in [4.69, 9.17) is 17.3 Å². The molecule has 0 saturated heterocycles. The molecule has 0 spiro atoms. The van der Waals surface area contributed by atoms with Crippen LogP contribution in [0.15, 0.2) is 47.4 Å². The molecule has 2 aromatic carbocycles. The zero-order valence-corrected chi connectivity index (χ0v) is 12.2. The van der Waals surface area contributed by atoms with Gasteiger partial charge in [-0.3, -0.25) is 0 Å². The molecule has 1 nitrogen and oxygen atoms in total. The normalized spacial score (nSPS) is 12.4. The van der Waals surface area contributed by atoms with Gasteiger partial charge >= 0.3 is 0 Å². The van der Waals surface area contributed by atoms with E-state index in [2.05, 4.69) is 0 Å². The predicted molar refractivity (Wildman–Crippen MR) is 80.2 cm³/mol. The quantitative estimate of drug-likeness (QED) is 0.834. The topological polar surface area (TPSA) is 26.0 Å². The highest BCUT2D eigenvalue weighted by atomic mass is 35.5. The SMILES string of the molecule is NC(CSc1ccc(Cl)cc1)Cc1ccc(F)cc1F. The van der Waals surface area contributed by atoms with Gasteiger partial charge in [0.1, 0.15) is 11.6 Å². The first-order chi connectivity index (χ1) is 9.54. The van der Waals surface area contributed by atoms with Crippen molar-refractivity contribution < 1.29 is 8.78 Å². The second-order valence-corrected chi connectivity index (χ2v) is 5.99. The van der Waals surface area contributed by atoms with E-state index in [-0.39, 0.29) is 6.04 Å². The molecular weight excluding hydrogens is 300 g/mol. The Kier molecular flexibility index (Phi) is 5.40. The van der Waals surface area contributed by atoms with Crippen molar-refractivity contribution in [2.45, 2.75) is 17.4 Å². The van der Waals surface area contributed by atoms with Crippen LogP contribution in [0.3, 0.4) is 0 Å². The van der Waals surface area contributed by atoms with Crippen molar-refractivity contribution in [1.29, 1.82) is 0 Å². The minimum atomic E-state index is -0.574. The largest absolute Gasteiger partial charge is 0.327 e. The molecule has 0 aromatic heterocycles. The first-order valence-corrected chi connectivity index (χ1v) is 7.49. The van der Waals surface area contributed by atoms with Gasteiger partial charge in [-0.05, 0) is 42.3 Å². The van der Waals surface area contributed by atoms with E-state index in [1.807, 2.05) is 24.3 Å². The van der Waals surface area contributed by atoms with E-state index in [9.17, 15) is 8.78 Å². The fourth-order valence-electron chi connectivity index (χ4n) is 1.76. The van der Waals surface area contributed by atoms with Gasteiger partial charge in [0.25, 0.3) is 0 Å². The average Bonchev–Trinajstić information content (AvgIpc) is 2.41. The molecule has 1 atom stereocenters. The molecule has 0 fully saturated rings. The molecule has 0 aliphatic carbocycles. The summed E-state index contributed by atoms with van der Waals surface area (Å²) in [6.45, 7) is 0. The van der Waals surface area contributed by atoms with Crippen LogP contribution in [0.4, 0.5) is 8.78 Å². The fourth-order valence-corrected chi connectivity index (χ4v) is 2.74. The van der Waals surface area contributed by atoms with Gasteiger partial charge in [0.15, 0.2) is 0 Å². The lowest BCUT2D eigenvalue weighted by molar-refractivity contribution is 0.565. The lowest BCUT2D eigenvalue weighted by Gasteiger charge is -2.12. The summed E-state index contributed by atoms with van der Waals surface area (Å²) in [7, 11) is 0. The number of halogens is 3. The van der Waals surface area contributed by atoms with Crippen molar-refractivity contribution in [3.05, 3.63) is 64.7 Å². The van der Waals surface area contributed by atoms with Crippen molar-refractivity contribution in [3.63, 3.8) is 0 Å². The highest BCUT2D eigenvalue weighted by molar-refractivity contribution is 7.99. The first kappa shape index (κ1) is 15.3. The molecule has 2 aromatic rings. The highest BCUT2D eigenvalue weighted by Crippen LogP contribution is 2.21. The zero-order valence-electron chi connectivity index (χ0n) is 10.7. The van der Waals surface area contributed by atoms with Crippen molar-refractivity contribution >= 4 is 23.4 Å². The molecular formula is C15H14ClF2NS. The van der Waals surface area contributed by atoms with E-state index >= 15 is 0 Å². The highest BCUT2D eigenvalue weighted by Gasteiger charge is 2.10. The second kappa shape index (κ2) is 7.07. The molecule has 0 heterocycles. The van der Waals surface area contributed by atoms with Crippen LogP contribution in [0.2, 0.25) is 5.02 Å². The summed E-state index contributed by atoms with van der Waals surface area (Å²) in [6, 6.07) is 10.8. The predicted octanol–water partition coefficient (Wildman–Crippen LogP) is 4.28. The molecule has 20 heavy (non-hydrogen) atoms. The summed E-state index contributed by atoms with van der Waals surface area (Å²) >= 11 is 7.39. The number of hydrogen-bond donors (Lipinski definition) is 1. The maximum Gasteiger partial charge on any atom is 0.129 e. The molecule has 2 rings (SSSR count). The van der Waals surface area contributed by atoms with Gasteiger partial charge in [0.05, 0.1) is 0 Å². The van der Waals surface area contributed by atoms with Gasteiger partial charge in [0.2, 0.25) is 0 Å². The summed E-state index contributed by atoms with van der Waals surface area (Å²) < 4.78 is 26.3. The molecule has 0 saturated carbocycles. The molecule has 1 unspecified atom stereocenters. The summed E-state index contributed by atoms with van der Waals surface area (Å²) in [6.07, 6.45) is 0.382. The molecule has 0 aliphatic rings. The molecule has 0 radical (unpaired) electrons. The number of hydrogen-bond acceptors (Lipinski definition) is 2. The smallest absolute Gasteiger partial charge is 0.129 e. The standard InChI is InChI=1S/C15H14ClF2NS/c16-11-2-5-14(6-3-11)20-9-13(19)7-10-1-4-12(17)8-15(10)18/h1-6,8,13H,7,9,19H2. The zero-order chi connectivity index (χ0) is 14.5. The van der Waals surface area contributed by atoms with Gasteiger partial charge in [-0.15, -0.1) is 11.8 Å². The molecule has 5 heteroatoms. The van der Waals surface area contributed by atoms with E-state index in [1.165, 1.54) is 12.1 Å². The van der Waals surface area contributed by atoms with Crippen LogP contribution in [0.5, 0.6) is 0 Å². The Hall–Kier alpha value is -1.10. The van der Waals surface area contributed by atoms with E-state index < -0.39 is 11.6 Å². The van der Waals surface area contributed by atoms with Gasteiger partial charge < -0.3 is 5.73 Å². The molecule has 0 amide bonds. The van der Waals surface area contributed by atoms with Crippen LogP contribution in [0.25, 0.3) is 0 Å². The van der Waals surface area contributed by atoms with E-state index in [0.717, 1.165) is 11.0 Å². The monoisotopic (exact) mass is 313 g/mol. The van der Waals surface area contributed by atoms with Crippen molar-refractivity contribution in [1.82, 2.24) is 0 Å². The second-order valence-electron chi connectivity index (χ2n) is 4.46. The number of thioether (sulfide) groups is 1. The van der Waals surface area contributed by atoms with Crippen LogP contribution in [-0.2, 0) is 6.42 Å². The maximum atomic E-state index is 13.5. The maximum absolute atomic E-state index is 13.5. The van der Waals surface area contributed by atoms with Crippen LogP contribution in [0, 0.1) is 11.6 Å². The minimum absolute atomic E-state index is 0.198. The lowest BCUT2D eigenvalue weighted by atomic mass is 10.1. The Morgan fingerprint density at radius 1 is 1.10 bits per heavy atom.